The average Bonchev–Trinajstić information content (AvgIpc) is 2.43. The van der Waals surface area contributed by atoms with Crippen molar-refractivity contribution in [2.24, 2.45) is 5.92 Å². The van der Waals surface area contributed by atoms with Gasteiger partial charge < -0.3 is 10.1 Å². The molecule has 1 aromatic rings. The van der Waals surface area contributed by atoms with E-state index < -0.39 is 12.0 Å². The molecule has 0 saturated carbocycles. The minimum absolute atomic E-state index is 0.0149. The summed E-state index contributed by atoms with van der Waals surface area (Å²) in [4.78, 5) is 23.8. The van der Waals surface area contributed by atoms with E-state index in [0.717, 1.165) is 6.42 Å². The highest BCUT2D eigenvalue weighted by Gasteiger charge is 2.27. The summed E-state index contributed by atoms with van der Waals surface area (Å²) in [6.45, 7) is 3.83. The van der Waals surface area contributed by atoms with Gasteiger partial charge in [0.25, 0.3) is 5.91 Å². The first-order valence-corrected chi connectivity index (χ1v) is 6.52. The van der Waals surface area contributed by atoms with Gasteiger partial charge in [-0.3, -0.25) is 4.79 Å². The quantitative estimate of drug-likeness (QED) is 0.845. The standard InChI is InChI=1S/C14H18ClNO3/c1-4-9(2)12(14(18)19-3)16-13(17)10-7-5-6-8-11(10)15/h5-9,12H,4H2,1-3H3,(H,16,17)/t9-,12+/m0/s1. The van der Waals surface area contributed by atoms with Gasteiger partial charge >= 0.3 is 5.97 Å². The van der Waals surface area contributed by atoms with E-state index in [1.165, 1.54) is 7.11 Å². The second kappa shape index (κ2) is 7.14. The molecule has 0 saturated heterocycles. The lowest BCUT2D eigenvalue weighted by Gasteiger charge is -2.22. The molecule has 0 aliphatic heterocycles. The zero-order chi connectivity index (χ0) is 14.4. The summed E-state index contributed by atoms with van der Waals surface area (Å²) in [5.74, 6) is -0.838. The fourth-order valence-electron chi connectivity index (χ4n) is 1.66. The molecule has 0 fully saturated rings. The largest absolute Gasteiger partial charge is 0.467 e. The first-order chi connectivity index (χ1) is 9.01. The number of hydrogen-bond donors (Lipinski definition) is 1. The number of rotatable bonds is 5. The van der Waals surface area contributed by atoms with Crippen molar-refractivity contribution in [2.45, 2.75) is 26.3 Å². The number of carbonyl (C=O) groups excluding carboxylic acids is 2. The molecular weight excluding hydrogens is 266 g/mol. The number of benzene rings is 1. The number of esters is 1. The maximum atomic E-state index is 12.1. The minimum atomic E-state index is -0.668. The fourth-order valence-corrected chi connectivity index (χ4v) is 1.88. The molecule has 4 nitrogen and oxygen atoms in total. The van der Waals surface area contributed by atoms with E-state index in [9.17, 15) is 9.59 Å². The van der Waals surface area contributed by atoms with Crippen LogP contribution in [0.15, 0.2) is 24.3 Å². The van der Waals surface area contributed by atoms with E-state index in [0.29, 0.717) is 10.6 Å². The molecule has 2 atom stereocenters. The molecule has 19 heavy (non-hydrogen) atoms. The Labute approximate surface area is 118 Å². The van der Waals surface area contributed by atoms with E-state index in [-0.39, 0.29) is 11.8 Å². The lowest BCUT2D eigenvalue weighted by molar-refractivity contribution is -0.144. The third-order valence-corrected chi connectivity index (χ3v) is 3.40. The summed E-state index contributed by atoms with van der Waals surface area (Å²) in [6, 6.07) is 6.04. The number of nitrogens with one attached hydrogen (secondary N) is 1. The molecule has 0 aliphatic carbocycles. The molecule has 0 spiro atoms. The highest BCUT2D eigenvalue weighted by atomic mass is 35.5. The number of ether oxygens (including phenoxy) is 1. The summed E-state index contributed by atoms with van der Waals surface area (Å²) in [7, 11) is 1.30. The van der Waals surface area contributed by atoms with Crippen LogP contribution in [0.4, 0.5) is 0 Å². The third-order valence-electron chi connectivity index (χ3n) is 3.07. The Hall–Kier alpha value is -1.55. The number of amides is 1. The van der Waals surface area contributed by atoms with Gasteiger partial charge in [0, 0.05) is 0 Å². The Bertz CT molecular complexity index is 462. The Morgan fingerprint density at radius 3 is 2.53 bits per heavy atom. The topological polar surface area (TPSA) is 55.4 Å². The lowest BCUT2D eigenvalue weighted by Crippen LogP contribution is -2.45. The summed E-state index contributed by atoms with van der Waals surface area (Å²) in [5.41, 5.74) is 0.348. The SMILES string of the molecule is CC[C@H](C)[C@@H](NC(=O)c1ccccc1Cl)C(=O)OC. The Kier molecular flexibility index (Phi) is 5.83. The normalized spacial score (nSPS) is 13.5. The van der Waals surface area contributed by atoms with Gasteiger partial charge in [0.15, 0.2) is 0 Å². The minimum Gasteiger partial charge on any atom is -0.467 e. The first kappa shape index (κ1) is 15.5. The van der Waals surface area contributed by atoms with E-state index in [2.05, 4.69) is 5.32 Å². The maximum absolute atomic E-state index is 12.1. The zero-order valence-electron chi connectivity index (χ0n) is 11.3. The van der Waals surface area contributed by atoms with E-state index >= 15 is 0 Å². The summed E-state index contributed by atoms with van der Waals surface area (Å²) in [5, 5.41) is 3.03. The molecule has 0 radical (unpaired) electrons. The highest BCUT2D eigenvalue weighted by Crippen LogP contribution is 2.16. The summed E-state index contributed by atoms with van der Waals surface area (Å²) in [6.07, 6.45) is 0.753. The van der Waals surface area contributed by atoms with E-state index in [4.69, 9.17) is 16.3 Å². The number of carbonyl (C=O) groups is 2. The van der Waals surface area contributed by atoms with Crippen molar-refractivity contribution in [3.63, 3.8) is 0 Å². The molecule has 5 heteroatoms. The van der Waals surface area contributed by atoms with Gasteiger partial charge in [0.2, 0.25) is 0 Å². The number of hydrogen-bond acceptors (Lipinski definition) is 3. The van der Waals surface area contributed by atoms with Crippen LogP contribution in [0.25, 0.3) is 0 Å². The van der Waals surface area contributed by atoms with Crippen molar-refractivity contribution < 1.29 is 14.3 Å². The average molecular weight is 284 g/mol. The monoisotopic (exact) mass is 283 g/mol. The Balaban J connectivity index is 2.88. The van der Waals surface area contributed by atoms with Gasteiger partial charge in [0.1, 0.15) is 6.04 Å². The molecule has 104 valence electrons. The first-order valence-electron chi connectivity index (χ1n) is 6.14. The van der Waals surface area contributed by atoms with Gasteiger partial charge in [-0.15, -0.1) is 0 Å². The maximum Gasteiger partial charge on any atom is 0.328 e. The van der Waals surface area contributed by atoms with Crippen LogP contribution < -0.4 is 5.32 Å². The summed E-state index contributed by atoms with van der Waals surface area (Å²) >= 11 is 5.95. The van der Waals surface area contributed by atoms with Crippen LogP contribution in [0.3, 0.4) is 0 Å². The van der Waals surface area contributed by atoms with Gasteiger partial charge in [-0.05, 0) is 18.1 Å². The van der Waals surface area contributed by atoms with E-state index in [1.807, 2.05) is 13.8 Å². The van der Waals surface area contributed by atoms with Gasteiger partial charge in [0.05, 0.1) is 17.7 Å². The molecular formula is C14H18ClNO3. The van der Waals surface area contributed by atoms with Crippen molar-refractivity contribution in [1.29, 1.82) is 0 Å². The Morgan fingerprint density at radius 1 is 1.37 bits per heavy atom. The van der Waals surface area contributed by atoms with Gasteiger partial charge in [-0.1, -0.05) is 44.0 Å². The Morgan fingerprint density at radius 2 is 2.00 bits per heavy atom. The predicted octanol–water partition coefficient (Wildman–Crippen LogP) is 2.66. The van der Waals surface area contributed by atoms with Gasteiger partial charge in [-0.25, -0.2) is 4.79 Å². The van der Waals surface area contributed by atoms with Crippen LogP contribution in [0.5, 0.6) is 0 Å². The second-order valence-electron chi connectivity index (χ2n) is 4.34. The molecule has 0 bridgehead atoms. The molecule has 0 aromatic heterocycles. The van der Waals surface area contributed by atoms with E-state index in [1.54, 1.807) is 24.3 Å². The van der Waals surface area contributed by atoms with Crippen LogP contribution in [-0.2, 0) is 9.53 Å². The molecule has 0 unspecified atom stereocenters. The lowest BCUT2D eigenvalue weighted by atomic mass is 9.99. The zero-order valence-corrected chi connectivity index (χ0v) is 12.0. The van der Waals surface area contributed by atoms with Crippen molar-refractivity contribution in [3.8, 4) is 0 Å². The predicted molar refractivity (Wildman–Crippen MR) is 74.2 cm³/mol. The van der Waals surface area contributed by atoms with Gasteiger partial charge in [-0.2, -0.15) is 0 Å². The van der Waals surface area contributed by atoms with Crippen LogP contribution >= 0.6 is 11.6 Å². The van der Waals surface area contributed by atoms with Crippen molar-refractivity contribution in [3.05, 3.63) is 34.9 Å². The number of halogens is 1. The molecule has 1 aromatic carbocycles. The molecule has 1 amide bonds. The van der Waals surface area contributed by atoms with Crippen molar-refractivity contribution in [2.75, 3.05) is 7.11 Å². The fraction of sp³-hybridized carbons (Fsp3) is 0.429. The van der Waals surface area contributed by atoms with Crippen LogP contribution in [0.2, 0.25) is 5.02 Å². The highest BCUT2D eigenvalue weighted by molar-refractivity contribution is 6.33. The molecule has 1 rings (SSSR count). The van der Waals surface area contributed by atoms with Crippen molar-refractivity contribution in [1.82, 2.24) is 5.32 Å². The third kappa shape index (κ3) is 3.96. The van der Waals surface area contributed by atoms with Crippen LogP contribution in [0, 0.1) is 5.92 Å². The molecule has 0 aliphatic rings. The summed E-state index contributed by atoms with van der Waals surface area (Å²) < 4.78 is 4.72. The smallest absolute Gasteiger partial charge is 0.328 e. The van der Waals surface area contributed by atoms with Crippen LogP contribution in [0.1, 0.15) is 30.6 Å². The second-order valence-corrected chi connectivity index (χ2v) is 4.75. The van der Waals surface area contributed by atoms with Crippen molar-refractivity contribution >= 4 is 23.5 Å². The van der Waals surface area contributed by atoms with Crippen LogP contribution in [-0.4, -0.2) is 25.0 Å². The molecule has 0 heterocycles. The number of methoxy groups -OCH3 is 1. The molecule has 1 N–H and O–H groups in total.